The molecule has 1 aromatic carbocycles. The third-order valence-corrected chi connectivity index (χ3v) is 2.54. The minimum atomic E-state index is 0.0287. The van der Waals surface area contributed by atoms with Gasteiger partial charge in [-0.05, 0) is 32.0 Å². The van der Waals surface area contributed by atoms with Crippen LogP contribution in [-0.4, -0.2) is 18.5 Å². The zero-order valence-electron chi connectivity index (χ0n) is 8.95. The molecule has 4 nitrogen and oxygen atoms in total. The van der Waals surface area contributed by atoms with Gasteiger partial charge in [0.05, 0.1) is 17.9 Å². The number of carbonyl (C=O) groups excluding carboxylic acids is 1. The van der Waals surface area contributed by atoms with Crippen molar-refractivity contribution in [3.05, 3.63) is 18.2 Å². The fourth-order valence-corrected chi connectivity index (χ4v) is 1.78. The second-order valence-electron chi connectivity index (χ2n) is 4.05. The van der Waals surface area contributed by atoms with E-state index in [1.54, 1.807) is 6.07 Å². The Hall–Kier alpha value is -1.71. The number of benzene rings is 1. The highest BCUT2D eigenvalue weighted by Gasteiger charge is 2.23. The number of nitrogens with two attached hydrogens (primary N) is 1. The van der Waals surface area contributed by atoms with E-state index < -0.39 is 0 Å². The average Bonchev–Trinajstić information content (AvgIpc) is 2.17. The summed E-state index contributed by atoms with van der Waals surface area (Å²) in [6, 6.07) is 5.83. The highest BCUT2D eigenvalue weighted by molar-refractivity contribution is 6.01. The van der Waals surface area contributed by atoms with Crippen LogP contribution in [0.4, 0.5) is 17.1 Å². The van der Waals surface area contributed by atoms with E-state index in [2.05, 4.69) is 19.2 Å². The summed E-state index contributed by atoms with van der Waals surface area (Å²) in [7, 11) is 0. The average molecular weight is 205 g/mol. The standard InChI is InChI=1S/C11H15N3O/c1-7(2)14-6-11(15)13-9-4-3-8(12)5-10(9)14/h3-5,7H,6,12H2,1-2H3,(H,13,15). The lowest BCUT2D eigenvalue weighted by Crippen LogP contribution is -2.42. The monoisotopic (exact) mass is 205 g/mol. The summed E-state index contributed by atoms with van der Waals surface area (Å²) < 4.78 is 0. The number of nitrogens with one attached hydrogen (secondary N) is 1. The summed E-state index contributed by atoms with van der Waals surface area (Å²) >= 11 is 0. The third-order valence-electron chi connectivity index (χ3n) is 2.54. The Kier molecular flexibility index (Phi) is 2.26. The first-order chi connectivity index (χ1) is 7.08. The normalized spacial score (nSPS) is 15.1. The first-order valence-electron chi connectivity index (χ1n) is 5.04. The minimum absolute atomic E-state index is 0.0287. The Morgan fingerprint density at radius 3 is 2.87 bits per heavy atom. The number of nitrogens with zero attached hydrogens (tertiary/aromatic N) is 1. The van der Waals surface area contributed by atoms with Gasteiger partial charge in [-0.1, -0.05) is 0 Å². The van der Waals surface area contributed by atoms with Crippen molar-refractivity contribution in [1.29, 1.82) is 0 Å². The quantitative estimate of drug-likeness (QED) is 0.682. The van der Waals surface area contributed by atoms with Crippen LogP contribution in [0.25, 0.3) is 0 Å². The van der Waals surface area contributed by atoms with E-state index in [9.17, 15) is 4.79 Å². The van der Waals surface area contributed by atoms with Crippen molar-refractivity contribution in [3.63, 3.8) is 0 Å². The van der Waals surface area contributed by atoms with Crippen molar-refractivity contribution < 1.29 is 4.79 Å². The van der Waals surface area contributed by atoms with Gasteiger partial charge in [0.2, 0.25) is 5.91 Å². The van der Waals surface area contributed by atoms with E-state index >= 15 is 0 Å². The molecule has 0 atom stereocenters. The predicted octanol–water partition coefficient (Wildman–Crippen LogP) is 1.44. The molecule has 15 heavy (non-hydrogen) atoms. The molecule has 1 aliphatic heterocycles. The van der Waals surface area contributed by atoms with Crippen LogP contribution in [0.1, 0.15) is 13.8 Å². The number of anilines is 3. The van der Waals surface area contributed by atoms with Crippen LogP contribution in [0.2, 0.25) is 0 Å². The first-order valence-corrected chi connectivity index (χ1v) is 5.04. The van der Waals surface area contributed by atoms with Crippen molar-refractivity contribution in [2.75, 3.05) is 22.5 Å². The molecule has 4 heteroatoms. The summed E-state index contributed by atoms with van der Waals surface area (Å²) in [5.41, 5.74) is 8.30. The van der Waals surface area contributed by atoms with Crippen molar-refractivity contribution >= 4 is 23.0 Å². The molecule has 1 aromatic rings. The summed E-state index contributed by atoms with van der Waals surface area (Å²) in [5, 5.41) is 2.84. The van der Waals surface area contributed by atoms with Gasteiger partial charge in [-0.15, -0.1) is 0 Å². The molecule has 0 aliphatic carbocycles. The molecule has 2 rings (SSSR count). The molecule has 0 spiro atoms. The predicted molar refractivity (Wildman–Crippen MR) is 62.0 cm³/mol. The molecule has 0 radical (unpaired) electrons. The van der Waals surface area contributed by atoms with Crippen LogP contribution >= 0.6 is 0 Å². The highest BCUT2D eigenvalue weighted by atomic mass is 16.2. The summed E-state index contributed by atoms with van der Waals surface area (Å²) in [4.78, 5) is 13.5. The third kappa shape index (κ3) is 1.75. The zero-order chi connectivity index (χ0) is 11.0. The van der Waals surface area contributed by atoms with Crippen LogP contribution in [0.3, 0.4) is 0 Å². The molecule has 1 amide bonds. The molecule has 1 heterocycles. The zero-order valence-corrected chi connectivity index (χ0v) is 8.95. The van der Waals surface area contributed by atoms with Gasteiger partial charge in [-0.25, -0.2) is 0 Å². The summed E-state index contributed by atoms with van der Waals surface area (Å²) in [5.74, 6) is 0.0287. The summed E-state index contributed by atoms with van der Waals surface area (Å²) in [6.45, 7) is 4.52. The van der Waals surface area contributed by atoms with Crippen LogP contribution in [0, 0.1) is 0 Å². The molecule has 1 aliphatic rings. The Morgan fingerprint density at radius 2 is 2.20 bits per heavy atom. The van der Waals surface area contributed by atoms with E-state index in [0.29, 0.717) is 6.54 Å². The van der Waals surface area contributed by atoms with Crippen molar-refractivity contribution in [2.24, 2.45) is 0 Å². The van der Waals surface area contributed by atoms with Crippen LogP contribution in [0.15, 0.2) is 18.2 Å². The molecule has 3 N–H and O–H groups in total. The maximum atomic E-state index is 11.4. The molecular formula is C11H15N3O. The van der Waals surface area contributed by atoms with E-state index in [1.165, 1.54) is 0 Å². The fourth-order valence-electron chi connectivity index (χ4n) is 1.78. The van der Waals surface area contributed by atoms with Gasteiger partial charge >= 0.3 is 0 Å². The molecule has 0 unspecified atom stereocenters. The molecule has 0 bridgehead atoms. The van der Waals surface area contributed by atoms with Crippen LogP contribution < -0.4 is 16.0 Å². The largest absolute Gasteiger partial charge is 0.399 e. The van der Waals surface area contributed by atoms with Crippen LogP contribution in [-0.2, 0) is 4.79 Å². The van der Waals surface area contributed by atoms with Crippen molar-refractivity contribution in [2.45, 2.75) is 19.9 Å². The minimum Gasteiger partial charge on any atom is -0.399 e. The topological polar surface area (TPSA) is 58.4 Å². The van der Waals surface area contributed by atoms with Gasteiger partial charge in [0, 0.05) is 11.7 Å². The molecule has 0 saturated heterocycles. The number of amides is 1. The van der Waals surface area contributed by atoms with Crippen molar-refractivity contribution in [1.82, 2.24) is 0 Å². The van der Waals surface area contributed by atoms with E-state index in [-0.39, 0.29) is 11.9 Å². The molecule has 0 saturated carbocycles. The van der Waals surface area contributed by atoms with Gasteiger partial charge in [0.1, 0.15) is 0 Å². The lowest BCUT2D eigenvalue weighted by molar-refractivity contribution is -0.115. The summed E-state index contributed by atoms with van der Waals surface area (Å²) in [6.07, 6.45) is 0. The molecule has 0 fully saturated rings. The van der Waals surface area contributed by atoms with Gasteiger partial charge in [-0.2, -0.15) is 0 Å². The molecule has 0 aromatic heterocycles. The second-order valence-corrected chi connectivity index (χ2v) is 4.05. The first kappa shape index (κ1) is 9.83. The SMILES string of the molecule is CC(C)N1CC(=O)Nc2ccc(N)cc21. The van der Waals surface area contributed by atoms with E-state index in [0.717, 1.165) is 17.1 Å². The Bertz CT molecular complexity index is 401. The lowest BCUT2D eigenvalue weighted by Gasteiger charge is -2.34. The van der Waals surface area contributed by atoms with E-state index in [4.69, 9.17) is 5.73 Å². The molecule has 80 valence electrons. The fraction of sp³-hybridized carbons (Fsp3) is 0.364. The number of rotatable bonds is 1. The molecular weight excluding hydrogens is 190 g/mol. The second kappa shape index (κ2) is 3.46. The Labute approximate surface area is 89.1 Å². The van der Waals surface area contributed by atoms with Gasteiger partial charge in [0.25, 0.3) is 0 Å². The maximum Gasteiger partial charge on any atom is 0.243 e. The highest BCUT2D eigenvalue weighted by Crippen LogP contribution is 2.32. The van der Waals surface area contributed by atoms with Gasteiger partial charge in [-0.3, -0.25) is 4.79 Å². The van der Waals surface area contributed by atoms with Gasteiger partial charge < -0.3 is 16.0 Å². The Morgan fingerprint density at radius 1 is 1.47 bits per heavy atom. The number of fused-ring (bicyclic) bond motifs is 1. The van der Waals surface area contributed by atoms with Gasteiger partial charge in [0.15, 0.2) is 0 Å². The van der Waals surface area contributed by atoms with Crippen molar-refractivity contribution in [3.8, 4) is 0 Å². The van der Waals surface area contributed by atoms with Crippen LogP contribution in [0.5, 0.6) is 0 Å². The maximum absolute atomic E-state index is 11.4. The lowest BCUT2D eigenvalue weighted by atomic mass is 10.1. The Balaban J connectivity index is 2.47. The smallest absolute Gasteiger partial charge is 0.243 e. The number of hydrogen-bond acceptors (Lipinski definition) is 3. The number of carbonyl (C=O) groups is 1. The number of hydrogen-bond donors (Lipinski definition) is 2. The number of nitrogen functional groups attached to an aromatic ring is 1. The van der Waals surface area contributed by atoms with E-state index in [1.807, 2.05) is 17.0 Å².